The molecule has 198 valence electrons. The van der Waals surface area contributed by atoms with Gasteiger partial charge in [-0.05, 0) is 54.2 Å². The summed E-state index contributed by atoms with van der Waals surface area (Å²) in [6.45, 7) is 11.1. The van der Waals surface area contributed by atoms with Crippen molar-refractivity contribution in [1.29, 1.82) is 0 Å². The summed E-state index contributed by atoms with van der Waals surface area (Å²) in [7, 11) is 0. The molecule has 0 radical (unpaired) electrons. The number of anilines is 3. The van der Waals surface area contributed by atoms with Gasteiger partial charge in [-0.25, -0.2) is 4.79 Å². The van der Waals surface area contributed by atoms with Crippen LogP contribution in [-0.4, -0.2) is 36.4 Å². The number of nitrogens with one attached hydrogen (secondary N) is 2. The standard InChI is InChI=1S/C26H33ClF3N3O3/c1-15(2)13-33(14-16(3)4)23-9-7-18(19(12-24(34)35)26(28,29)30)11-22(23)32-25(36)31-21-8-6-17(5)10-20(21)27/h6-11,15-16,19H,12-14H2,1-5H3,(H,34,35)(H2,31,32,36). The summed E-state index contributed by atoms with van der Waals surface area (Å²) in [6.07, 6.45) is -5.89. The first-order chi connectivity index (χ1) is 16.7. The van der Waals surface area contributed by atoms with Crippen LogP contribution in [0, 0.1) is 18.8 Å². The molecule has 0 spiro atoms. The Labute approximate surface area is 214 Å². The number of carbonyl (C=O) groups excluding carboxylic acids is 1. The van der Waals surface area contributed by atoms with Crippen molar-refractivity contribution in [1.82, 2.24) is 0 Å². The van der Waals surface area contributed by atoms with Gasteiger partial charge in [-0.15, -0.1) is 0 Å². The van der Waals surface area contributed by atoms with E-state index >= 15 is 0 Å². The Kier molecular flexibility index (Phi) is 10.0. The lowest BCUT2D eigenvalue weighted by molar-refractivity contribution is -0.163. The van der Waals surface area contributed by atoms with Gasteiger partial charge in [0, 0.05) is 13.1 Å². The Morgan fingerprint density at radius 2 is 1.56 bits per heavy atom. The third kappa shape index (κ3) is 8.62. The predicted molar refractivity (Wildman–Crippen MR) is 138 cm³/mol. The monoisotopic (exact) mass is 527 g/mol. The molecule has 36 heavy (non-hydrogen) atoms. The zero-order valence-electron chi connectivity index (χ0n) is 21.0. The molecule has 10 heteroatoms. The maximum absolute atomic E-state index is 13.7. The van der Waals surface area contributed by atoms with E-state index in [-0.39, 0.29) is 23.1 Å². The van der Waals surface area contributed by atoms with Gasteiger partial charge in [-0.1, -0.05) is 51.4 Å². The van der Waals surface area contributed by atoms with Crippen molar-refractivity contribution >= 4 is 40.7 Å². The van der Waals surface area contributed by atoms with E-state index in [1.54, 1.807) is 18.2 Å². The van der Waals surface area contributed by atoms with Crippen LogP contribution in [0.2, 0.25) is 5.02 Å². The number of hydrogen-bond acceptors (Lipinski definition) is 3. The van der Waals surface area contributed by atoms with Crippen molar-refractivity contribution in [3.05, 3.63) is 52.5 Å². The van der Waals surface area contributed by atoms with Crippen LogP contribution in [0.5, 0.6) is 0 Å². The average Bonchev–Trinajstić information content (AvgIpc) is 2.72. The Bertz CT molecular complexity index is 1060. The second kappa shape index (κ2) is 12.3. The van der Waals surface area contributed by atoms with Crippen LogP contribution in [0.4, 0.5) is 35.0 Å². The average molecular weight is 528 g/mol. The normalized spacial score (nSPS) is 12.5. The summed E-state index contributed by atoms with van der Waals surface area (Å²) in [5.74, 6) is -3.30. The van der Waals surface area contributed by atoms with Crippen LogP contribution in [0.15, 0.2) is 36.4 Å². The lowest BCUT2D eigenvalue weighted by atomic mass is 9.94. The molecule has 1 unspecified atom stereocenters. The van der Waals surface area contributed by atoms with Gasteiger partial charge in [-0.3, -0.25) is 4.79 Å². The summed E-state index contributed by atoms with van der Waals surface area (Å²) in [4.78, 5) is 26.1. The number of benzene rings is 2. The summed E-state index contributed by atoms with van der Waals surface area (Å²) in [5.41, 5.74) is 1.69. The molecule has 2 aromatic carbocycles. The minimum absolute atomic E-state index is 0.147. The number of aryl methyl sites for hydroxylation is 1. The maximum Gasteiger partial charge on any atom is 0.396 e. The third-order valence-electron chi connectivity index (χ3n) is 5.33. The lowest BCUT2D eigenvalue weighted by Gasteiger charge is -2.31. The molecular formula is C26H33ClF3N3O3. The second-order valence-electron chi connectivity index (χ2n) is 9.72. The van der Waals surface area contributed by atoms with Crippen molar-refractivity contribution in [2.75, 3.05) is 28.6 Å². The van der Waals surface area contributed by atoms with Crippen LogP contribution >= 0.6 is 11.6 Å². The van der Waals surface area contributed by atoms with E-state index < -0.39 is 30.5 Å². The molecule has 0 aliphatic heterocycles. The van der Waals surface area contributed by atoms with Gasteiger partial charge in [0.05, 0.1) is 34.4 Å². The van der Waals surface area contributed by atoms with Crippen LogP contribution in [0.3, 0.4) is 0 Å². The number of hydrogen-bond donors (Lipinski definition) is 3. The van der Waals surface area contributed by atoms with Crippen molar-refractivity contribution in [2.45, 2.75) is 53.1 Å². The van der Waals surface area contributed by atoms with Crippen molar-refractivity contribution in [3.8, 4) is 0 Å². The molecule has 2 rings (SSSR count). The number of aliphatic carboxylic acids is 1. The molecule has 0 saturated carbocycles. The molecule has 0 heterocycles. The Morgan fingerprint density at radius 1 is 0.972 bits per heavy atom. The molecule has 0 saturated heterocycles. The smallest absolute Gasteiger partial charge is 0.396 e. The number of amides is 2. The van der Waals surface area contributed by atoms with Crippen LogP contribution in [-0.2, 0) is 4.79 Å². The van der Waals surface area contributed by atoms with Gasteiger partial charge < -0.3 is 20.6 Å². The highest BCUT2D eigenvalue weighted by atomic mass is 35.5. The molecule has 0 bridgehead atoms. The molecule has 1 atom stereocenters. The topological polar surface area (TPSA) is 81.7 Å². The zero-order valence-corrected chi connectivity index (χ0v) is 21.8. The minimum atomic E-state index is -4.77. The van der Waals surface area contributed by atoms with Gasteiger partial charge in [-0.2, -0.15) is 13.2 Å². The van der Waals surface area contributed by atoms with E-state index in [9.17, 15) is 22.8 Å². The van der Waals surface area contributed by atoms with Gasteiger partial charge in [0.25, 0.3) is 0 Å². The van der Waals surface area contributed by atoms with E-state index in [0.29, 0.717) is 29.5 Å². The molecule has 2 aromatic rings. The van der Waals surface area contributed by atoms with Crippen LogP contribution < -0.4 is 15.5 Å². The largest absolute Gasteiger partial charge is 0.481 e. The highest BCUT2D eigenvalue weighted by Crippen LogP contribution is 2.40. The van der Waals surface area contributed by atoms with E-state index in [1.165, 1.54) is 18.2 Å². The quantitative estimate of drug-likeness (QED) is 0.298. The number of carboxylic acid groups (broad SMARTS) is 1. The van der Waals surface area contributed by atoms with E-state index in [1.807, 2.05) is 39.5 Å². The number of halogens is 4. The van der Waals surface area contributed by atoms with E-state index in [2.05, 4.69) is 10.6 Å². The summed E-state index contributed by atoms with van der Waals surface area (Å²) >= 11 is 6.21. The molecular weight excluding hydrogens is 495 g/mol. The summed E-state index contributed by atoms with van der Waals surface area (Å²) in [5, 5.41) is 14.7. The molecule has 0 aromatic heterocycles. The maximum atomic E-state index is 13.7. The predicted octanol–water partition coefficient (Wildman–Crippen LogP) is 7.53. The number of urea groups is 1. The highest BCUT2D eigenvalue weighted by Gasteiger charge is 2.42. The van der Waals surface area contributed by atoms with E-state index in [0.717, 1.165) is 5.56 Å². The molecule has 2 amide bonds. The SMILES string of the molecule is Cc1ccc(NC(=O)Nc2cc(C(CC(=O)O)C(F)(F)F)ccc2N(CC(C)C)CC(C)C)c(Cl)c1. The number of carbonyl (C=O) groups is 2. The Hall–Kier alpha value is -2.94. The fourth-order valence-electron chi connectivity index (χ4n) is 3.89. The first-order valence-corrected chi connectivity index (χ1v) is 12.1. The van der Waals surface area contributed by atoms with Gasteiger partial charge >= 0.3 is 18.2 Å². The van der Waals surface area contributed by atoms with Crippen molar-refractivity contribution in [2.24, 2.45) is 11.8 Å². The Balaban J connectivity index is 2.53. The van der Waals surface area contributed by atoms with Crippen LogP contribution in [0.25, 0.3) is 0 Å². The van der Waals surface area contributed by atoms with Crippen molar-refractivity contribution in [3.63, 3.8) is 0 Å². The molecule has 0 aliphatic carbocycles. The fraction of sp³-hybridized carbons (Fsp3) is 0.462. The number of alkyl halides is 3. The Morgan fingerprint density at radius 3 is 2.06 bits per heavy atom. The summed E-state index contributed by atoms with van der Waals surface area (Å²) < 4.78 is 41.2. The lowest BCUT2D eigenvalue weighted by Crippen LogP contribution is -2.33. The van der Waals surface area contributed by atoms with Gasteiger partial charge in [0.1, 0.15) is 0 Å². The molecule has 0 fully saturated rings. The van der Waals surface area contributed by atoms with Gasteiger partial charge in [0.15, 0.2) is 0 Å². The highest BCUT2D eigenvalue weighted by molar-refractivity contribution is 6.33. The van der Waals surface area contributed by atoms with E-state index in [4.69, 9.17) is 16.7 Å². The van der Waals surface area contributed by atoms with Crippen LogP contribution in [0.1, 0.15) is 51.2 Å². The zero-order chi connectivity index (χ0) is 27.2. The third-order valence-corrected chi connectivity index (χ3v) is 5.64. The molecule has 6 nitrogen and oxygen atoms in total. The van der Waals surface area contributed by atoms with Gasteiger partial charge in [0.2, 0.25) is 0 Å². The number of carboxylic acids is 1. The number of rotatable bonds is 10. The summed E-state index contributed by atoms with van der Waals surface area (Å²) in [6, 6.07) is 8.39. The first-order valence-electron chi connectivity index (χ1n) is 11.7. The van der Waals surface area contributed by atoms with Crippen molar-refractivity contribution < 1.29 is 27.9 Å². The second-order valence-corrected chi connectivity index (χ2v) is 10.1. The minimum Gasteiger partial charge on any atom is -0.481 e. The molecule has 3 N–H and O–H groups in total. The number of nitrogens with zero attached hydrogens (tertiary/aromatic N) is 1. The fourth-order valence-corrected chi connectivity index (χ4v) is 4.18. The molecule has 0 aliphatic rings. The first kappa shape index (κ1) is 29.3.